The number of thioether (sulfide) groups is 2. The molecule has 1 N–H and O–H groups in total. The highest BCUT2D eigenvalue weighted by Crippen LogP contribution is 2.55. The molecule has 38 heavy (non-hydrogen) atoms. The molecule has 200 valence electrons. The van der Waals surface area contributed by atoms with Gasteiger partial charge >= 0.3 is 5.97 Å². The smallest absolute Gasteiger partial charge is 0.357 e. The lowest BCUT2D eigenvalue weighted by Gasteiger charge is -2.44. The molecule has 11 heteroatoms. The quantitative estimate of drug-likeness (QED) is 0.200. The number of aliphatic hydroxyl groups excluding tert-OH is 1. The lowest BCUT2D eigenvalue weighted by atomic mass is 9.90. The lowest BCUT2D eigenvalue weighted by molar-refractivity contribution is -0.384. The molecule has 2 saturated heterocycles. The van der Waals surface area contributed by atoms with E-state index in [9.17, 15) is 24.8 Å². The van der Waals surface area contributed by atoms with Crippen LogP contribution in [-0.2, 0) is 27.5 Å². The van der Waals surface area contributed by atoms with Crippen LogP contribution < -0.4 is 0 Å². The summed E-state index contributed by atoms with van der Waals surface area (Å²) in [5.41, 5.74) is 2.08. The fraction of sp³-hybridized carbons (Fsp3) is 0.407. The lowest BCUT2D eigenvalue weighted by Crippen LogP contribution is -2.61. The molecular weight excluding hydrogens is 526 g/mol. The van der Waals surface area contributed by atoms with E-state index in [0.29, 0.717) is 12.0 Å². The van der Waals surface area contributed by atoms with Crippen molar-refractivity contribution in [2.24, 2.45) is 5.92 Å². The van der Waals surface area contributed by atoms with E-state index in [2.05, 4.69) is 17.0 Å². The standard InChI is InChI=1S/C27H29N3O6S2/c1-2-21(31)22-24(32)29-23(26(33)36-16-18-8-10-19(11-9-18)30(34)35)27(38-25(22)29)37-20-12-13-28(15-20)14-17-6-4-3-5-7-17/h3-11,20-22,25,31H,2,12-16H2,1H3/t20-,21-,22+,25+/m0/s1. The Morgan fingerprint density at radius 2 is 1.95 bits per heavy atom. The van der Waals surface area contributed by atoms with Crippen LogP contribution in [0.1, 0.15) is 30.9 Å². The molecule has 0 bridgehead atoms. The number of fused-ring (bicyclic) bond motifs is 1. The minimum atomic E-state index is -0.758. The zero-order valence-electron chi connectivity index (χ0n) is 20.9. The number of nitro groups is 1. The van der Waals surface area contributed by atoms with E-state index in [4.69, 9.17) is 4.74 Å². The molecule has 0 radical (unpaired) electrons. The maximum atomic E-state index is 13.3. The Balaban J connectivity index is 1.29. The molecule has 4 atom stereocenters. The number of β-lactam (4-membered cyclic amide) rings is 1. The van der Waals surface area contributed by atoms with Crippen LogP contribution in [0.4, 0.5) is 5.69 Å². The first kappa shape index (κ1) is 26.7. The van der Waals surface area contributed by atoms with Crippen LogP contribution in [0.15, 0.2) is 64.5 Å². The number of rotatable bonds is 10. The number of aliphatic hydroxyl groups is 1. The Bertz CT molecular complexity index is 1240. The number of nitro benzene ring substituents is 1. The first-order chi connectivity index (χ1) is 18.4. The van der Waals surface area contributed by atoms with E-state index >= 15 is 0 Å². The SMILES string of the molecule is CC[C@H](O)[C@@H]1C(=O)N2C(C(=O)OCc3ccc([N+](=O)[O-])cc3)=C(S[C@H]3CCN(Cc4ccccc4)C3)S[C@H]12. The normalized spacial score (nSPS) is 23.8. The van der Waals surface area contributed by atoms with Crippen molar-refractivity contribution in [2.75, 3.05) is 13.1 Å². The van der Waals surface area contributed by atoms with Gasteiger partial charge in [-0.3, -0.25) is 24.7 Å². The number of ether oxygens (including phenoxy) is 1. The minimum Gasteiger partial charge on any atom is -0.456 e. The number of hydrogen-bond acceptors (Lipinski definition) is 9. The van der Waals surface area contributed by atoms with E-state index < -0.39 is 22.9 Å². The van der Waals surface area contributed by atoms with Gasteiger partial charge in [-0.1, -0.05) is 49.0 Å². The molecule has 9 nitrogen and oxygen atoms in total. The summed E-state index contributed by atoms with van der Waals surface area (Å²) in [7, 11) is 0. The van der Waals surface area contributed by atoms with Crippen LogP contribution >= 0.6 is 23.5 Å². The number of non-ortho nitro benzene ring substituents is 1. The maximum absolute atomic E-state index is 13.3. The predicted octanol–water partition coefficient (Wildman–Crippen LogP) is 4.12. The number of likely N-dealkylation sites (tertiary alicyclic amines) is 1. The Morgan fingerprint density at radius 3 is 2.63 bits per heavy atom. The van der Waals surface area contributed by atoms with E-state index in [-0.39, 0.29) is 34.5 Å². The van der Waals surface area contributed by atoms with Crippen molar-refractivity contribution in [1.82, 2.24) is 9.80 Å². The third kappa shape index (κ3) is 5.47. The highest BCUT2D eigenvalue weighted by Gasteiger charge is 2.58. The van der Waals surface area contributed by atoms with Gasteiger partial charge in [-0.2, -0.15) is 0 Å². The number of amides is 1. The average molecular weight is 556 g/mol. The predicted molar refractivity (Wildman–Crippen MR) is 146 cm³/mol. The summed E-state index contributed by atoms with van der Waals surface area (Å²) >= 11 is 3.08. The van der Waals surface area contributed by atoms with Crippen molar-refractivity contribution < 1.29 is 24.4 Å². The molecule has 2 aromatic rings. The van der Waals surface area contributed by atoms with Gasteiger partial charge in [0, 0.05) is 30.5 Å². The van der Waals surface area contributed by atoms with Crippen molar-refractivity contribution in [2.45, 2.75) is 49.6 Å². The van der Waals surface area contributed by atoms with Gasteiger partial charge in [0.15, 0.2) is 5.70 Å². The van der Waals surface area contributed by atoms with Gasteiger partial charge < -0.3 is 9.84 Å². The van der Waals surface area contributed by atoms with Crippen LogP contribution in [0.5, 0.6) is 0 Å². The molecule has 0 saturated carbocycles. The fourth-order valence-corrected chi connectivity index (χ4v) is 8.25. The second-order valence-corrected chi connectivity index (χ2v) is 12.3. The fourth-order valence-electron chi connectivity index (χ4n) is 4.95. The highest BCUT2D eigenvalue weighted by molar-refractivity contribution is 8.23. The molecule has 3 aliphatic rings. The summed E-state index contributed by atoms with van der Waals surface area (Å²) in [5, 5.41) is 21.3. The molecule has 2 aromatic carbocycles. The molecular formula is C27H29N3O6S2. The van der Waals surface area contributed by atoms with Gasteiger partial charge in [-0.25, -0.2) is 4.79 Å². The Hall–Kier alpha value is -2.86. The summed E-state index contributed by atoms with van der Waals surface area (Å²) in [6, 6.07) is 16.1. The van der Waals surface area contributed by atoms with Crippen molar-refractivity contribution >= 4 is 41.1 Å². The molecule has 3 aliphatic heterocycles. The summed E-state index contributed by atoms with van der Waals surface area (Å²) in [6.45, 7) is 4.46. The molecule has 0 unspecified atom stereocenters. The van der Waals surface area contributed by atoms with E-state index in [1.54, 1.807) is 23.9 Å². The van der Waals surface area contributed by atoms with Gasteiger partial charge in [0.1, 0.15) is 12.0 Å². The molecule has 0 spiro atoms. The molecule has 5 rings (SSSR count). The van der Waals surface area contributed by atoms with E-state index in [1.807, 2.05) is 25.1 Å². The maximum Gasteiger partial charge on any atom is 0.357 e. The summed E-state index contributed by atoms with van der Waals surface area (Å²) in [4.78, 5) is 40.6. The molecule has 0 aromatic heterocycles. The molecule has 0 aliphatic carbocycles. The second-order valence-electron chi connectivity index (χ2n) is 9.60. The minimum absolute atomic E-state index is 0.0407. The van der Waals surface area contributed by atoms with Gasteiger partial charge in [-0.05, 0) is 42.6 Å². The largest absolute Gasteiger partial charge is 0.456 e. The van der Waals surface area contributed by atoms with Crippen LogP contribution in [-0.4, -0.2) is 61.5 Å². The van der Waals surface area contributed by atoms with Gasteiger partial charge in [0.2, 0.25) is 5.91 Å². The number of hydrogen-bond donors (Lipinski definition) is 1. The van der Waals surface area contributed by atoms with E-state index in [1.165, 1.54) is 34.4 Å². The Morgan fingerprint density at radius 1 is 1.21 bits per heavy atom. The number of nitrogens with zero attached hydrogens (tertiary/aromatic N) is 3. The van der Waals surface area contributed by atoms with Crippen LogP contribution in [0, 0.1) is 16.0 Å². The van der Waals surface area contributed by atoms with Crippen molar-refractivity contribution in [1.29, 1.82) is 0 Å². The second kappa shape index (κ2) is 11.5. The zero-order chi connectivity index (χ0) is 26.8. The number of esters is 1. The summed E-state index contributed by atoms with van der Waals surface area (Å²) < 4.78 is 6.33. The number of benzene rings is 2. The molecule has 3 heterocycles. The summed E-state index contributed by atoms with van der Waals surface area (Å²) in [6.07, 6.45) is 0.665. The first-order valence-electron chi connectivity index (χ1n) is 12.6. The van der Waals surface area contributed by atoms with Crippen LogP contribution in [0.2, 0.25) is 0 Å². The van der Waals surface area contributed by atoms with Crippen LogP contribution in [0.3, 0.4) is 0 Å². The number of carbonyl (C=O) groups is 2. The first-order valence-corrected chi connectivity index (χ1v) is 14.4. The topological polar surface area (TPSA) is 113 Å². The van der Waals surface area contributed by atoms with Crippen molar-refractivity contribution in [3.05, 3.63) is 85.8 Å². The van der Waals surface area contributed by atoms with Gasteiger partial charge in [0.25, 0.3) is 5.69 Å². The third-order valence-electron chi connectivity index (χ3n) is 7.04. The zero-order valence-corrected chi connectivity index (χ0v) is 22.5. The number of carbonyl (C=O) groups excluding carboxylic acids is 2. The van der Waals surface area contributed by atoms with Crippen molar-refractivity contribution in [3.8, 4) is 0 Å². The average Bonchev–Trinajstić information content (AvgIpc) is 3.50. The van der Waals surface area contributed by atoms with Gasteiger partial charge in [-0.15, -0.1) is 11.8 Å². The summed E-state index contributed by atoms with van der Waals surface area (Å²) in [5.74, 6) is -1.40. The monoisotopic (exact) mass is 555 g/mol. The van der Waals surface area contributed by atoms with Gasteiger partial charge in [0.05, 0.1) is 21.2 Å². The van der Waals surface area contributed by atoms with E-state index in [0.717, 1.165) is 30.3 Å². The Labute approximate surface area is 229 Å². The highest BCUT2D eigenvalue weighted by atomic mass is 32.2. The van der Waals surface area contributed by atoms with Crippen molar-refractivity contribution in [3.63, 3.8) is 0 Å². The molecule has 2 fully saturated rings. The van der Waals surface area contributed by atoms with Crippen LogP contribution in [0.25, 0.3) is 0 Å². The Kier molecular flexibility index (Phi) is 8.08. The third-order valence-corrected chi connectivity index (χ3v) is 9.90. The molecule has 1 amide bonds.